The summed E-state index contributed by atoms with van der Waals surface area (Å²) in [5.41, 5.74) is 0.430. The normalized spacial score (nSPS) is 12.8. The van der Waals surface area contributed by atoms with Gasteiger partial charge in [0.2, 0.25) is 0 Å². The molecule has 16 heavy (non-hydrogen) atoms. The summed E-state index contributed by atoms with van der Waals surface area (Å²) in [6, 6.07) is 2.35. The molecule has 0 saturated heterocycles. The molecule has 1 rings (SSSR count). The van der Waals surface area contributed by atoms with E-state index in [1.54, 1.807) is 20.8 Å². The fraction of sp³-hybridized carbons (Fsp3) is 0.417. The molecular weight excluding hydrogens is 211 g/mol. The smallest absolute Gasteiger partial charge is 0.311 e. The minimum Gasteiger partial charge on any atom is -0.508 e. The van der Waals surface area contributed by atoms with E-state index in [0.717, 1.165) is 6.07 Å². The highest BCUT2D eigenvalue weighted by Gasteiger charge is 2.27. The van der Waals surface area contributed by atoms with Crippen molar-refractivity contribution in [2.45, 2.75) is 26.7 Å². The Labute approximate surface area is 93.5 Å². The van der Waals surface area contributed by atoms with Crippen molar-refractivity contribution in [3.05, 3.63) is 29.1 Å². The standard InChI is InChI=1S/C12H15FO3/c1-6(2)11(12(15)16)8-5-10(14)7(3)4-9(8)13/h4-6,11,14H,1-3H3,(H,15,16). The Morgan fingerprint density at radius 1 is 1.38 bits per heavy atom. The molecule has 0 bridgehead atoms. The Kier molecular flexibility index (Phi) is 3.52. The van der Waals surface area contributed by atoms with Crippen LogP contribution in [0.4, 0.5) is 4.39 Å². The van der Waals surface area contributed by atoms with Crippen LogP contribution in [0, 0.1) is 18.7 Å². The van der Waals surface area contributed by atoms with Crippen LogP contribution in [0.5, 0.6) is 5.75 Å². The molecule has 0 spiro atoms. The highest BCUT2D eigenvalue weighted by atomic mass is 19.1. The fourth-order valence-electron chi connectivity index (χ4n) is 1.69. The number of hydrogen-bond acceptors (Lipinski definition) is 2. The number of carbonyl (C=O) groups is 1. The van der Waals surface area contributed by atoms with E-state index in [1.165, 1.54) is 6.07 Å². The molecule has 0 radical (unpaired) electrons. The van der Waals surface area contributed by atoms with E-state index < -0.39 is 17.7 Å². The van der Waals surface area contributed by atoms with E-state index in [1.807, 2.05) is 0 Å². The largest absolute Gasteiger partial charge is 0.508 e. The van der Waals surface area contributed by atoms with Crippen LogP contribution in [0.15, 0.2) is 12.1 Å². The van der Waals surface area contributed by atoms with Gasteiger partial charge in [0.15, 0.2) is 0 Å². The van der Waals surface area contributed by atoms with Gasteiger partial charge < -0.3 is 10.2 Å². The number of aryl methyl sites for hydroxylation is 1. The zero-order chi connectivity index (χ0) is 12.5. The summed E-state index contributed by atoms with van der Waals surface area (Å²) in [6.07, 6.45) is 0. The number of aromatic hydroxyl groups is 1. The quantitative estimate of drug-likeness (QED) is 0.833. The summed E-state index contributed by atoms with van der Waals surface area (Å²) >= 11 is 0. The predicted octanol–water partition coefficient (Wildman–Crippen LogP) is 2.66. The second kappa shape index (κ2) is 4.51. The van der Waals surface area contributed by atoms with Crippen molar-refractivity contribution in [1.82, 2.24) is 0 Å². The molecule has 0 aliphatic carbocycles. The van der Waals surface area contributed by atoms with Gasteiger partial charge in [0.1, 0.15) is 11.6 Å². The second-order valence-corrected chi connectivity index (χ2v) is 4.22. The lowest BCUT2D eigenvalue weighted by Crippen LogP contribution is -2.18. The number of rotatable bonds is 3. The van der Waals surface area contributed by atoms with E-state index in [4.69, 9.17) is 5.11 Å². The average molecular weight is 226 g/mol. The van der Waals surface area contributed by atoms with Crippen LogP contribution in [0.2, 0.25) is 0 Å². The maximum Gasteiger partial charge on any atom is 0.311 e. The maximum absolute atomic E-state index is 13.6. The number of phenols is 1. The molecule has 0 saturated carbocycles. The fourth-order valence-corrected chi connectivity index (χ4v) is 1.69. The van der Waals surface area contributed by atoms with Crippen LogP contribution >= 0.6 is 0 Å². The van der Waals surface area contributed by atoms with Crippen LogP contribution < -0.4 is 0 Å². The minimum absolute atomic E-state index is 0.0330. The van der Waals surface area contributed by atoms with Gasteiger partial charge in [-0.25, -0.2) is 4.39 Å². The van der Waals surface area contributed by atoms with E-state index in [2.05, 4.69) is 0 Å². The number of aliphatic carboxylic acids is 1. The molecule has 0 heterocycles. The molecule has 0 fully saturated rings. The molecule has 3 nitrogen and oxygen atoms in total. The number of carboxylic acids is 1. The lowest BCUT2D eigenvalue weighted by molar-refractivity contribution is -0.139. The zero-order valence-electron chi connectivity index (χ0n) is 9.49. The minimum atomic E-state index is -1.09. The Morgan fingerprint density at radius 3 is 2.38 bits per heavy atom. The lowest BCUT2D eigenvalue weighted by Gasteiger charge is -2.18. The molecule has 0 aromatic heterocycles. The Morgan fingerprint density at radius 2 is 1.94 bits per heavy atom. The first-order valence-electron chi connectivity index (χ1n) is 5.06. The third-order valence-corrected chi connectivity index (χ3v) is 2.58. The molecule has 0 aliphatic heterocycles. The number of benzene rings is 1. The molecule has 0 amide bonds. The van der Waals surface area contributed by atoms with Gasteiger partial charge in [-0.2, -0.15) is 0 Å². The third-order valence-electron chi connectivity index (χ3n) is 2.58. The van der Waals surface area contributed by atoms with Crippen molar-refractivity contribution in [3.63, 3.8) is 0 Å². The summed E-state index contributed by atoms with van der Waals surface area (Å²) in [6.45, 7) is 4.97. The molecule has 1 aromatic rings. The highest BCUT2D eigenvalue weighted by molar-refractivity contribution is 5.76. The molecule has 4 heteroatoms. The van der Waals surface area contributed by atoms with Crippen molar-refractivity contribution in [1.29, 1.82) is 0 Å². The van der Waals surface area contributed by atoms with E-state index in [0.29, 0.717) is 5.56 Å². The summed E-state index contributed by atoms with van der Waals surface area (Å²) < 4.78 is 13.6. The van der Waals surface area contributed by atoms with Gasteiger partial charge in [0.05, 0.1) is 5.92 Å². The van der Waals surface area contributed by atoms with Gasteiger partial charge in [-0.05, 0) is 30.5 Å². The molecule has 2 N–H and O–H groups in total. The molecule has 88 valence electrons. The Bertz CT molecular complexity index is 413. The molecule has 1 aromatic carbocycles. The van der Waals surface area contributed by atoms with Crippen molar-refractivity contribution in [3.8, 4) is 5.75 Å². The molecule has 0 aliphatic rings. The summed E-state index contributed by atoms with van der Waals surface area (Å²) in [4.78, 5) is 11.0. The average Bonchev–Trinajstić information content (AvgIpc) is 2.12. The number of phenolic OH excluding ortho intramolecular Hbond substituents is 1. The lowest BCUT2D eigenvalue weighted by atomic mass is 9.87. The first kappa shape index (κ1) is 12.5. The van der Waals surface area contributed by atoms with Gasteiger partial charge in [-0.3, -0.25) is 4.79 Å². The second-order valence-electron chi connectivity index (χ2n) is 4.22. The van der Waals surface area contributed by atoms with Crippen LogP contribution in [0.1, 0.15) is 30.9 Å². The molecule has 1 atom stereocenters. The van der Waals surface area contributed by atoms with Crippen molar-refractivity contribution in [2.24, 2.45) is 5.92 Å². The van der Waals surface area contributed by atoms with Crippen LogP contribution in [-0.2, 0) is 4.79 Å². The molecular formula is C12H15FO3. The summed E-state index contributed by atoms with van der Waals surface area (Å²) in [5.74, 6) is -2.93. The third kappa shape index (κ3) is 2.32. The van der Waals surface area contributed by atoms with Crippen LogP contribution in [-0.4, -0.2) is 16.2 Å². The van der Waals surface area contributed by atoms with Gasteiger partial charge in [0, 0.05) is 5.56 Å². The highest BCUT2D eigenvalue weighted by Crippen LogP contribution is 2.31. The first-order valence-corrected chi connectivity index (χ1v) is 5.06. The van der Waals surface area contributed by atoms with E-state index in [9.17, 15) is 14.3 Å². The molecule has 1 unspecified atom stereocenters. The first-order chi connectivity index (χ1) is 7.34. The zero-order valence-corrected chi connectivity index (χ0v) is 9.49. The topological polar surface area (TPSA) is 57.5 Å². The van der Waals surface area contributed by atoms with Crippen molar-refractivity contribution < 1.29 is 19.4 Å². The van der Waals surface area contributed by atoms with E-state index in [-0.39, 0.29) is 17.2 Å². The van der Waals surface area contributed by atoms with Gasteiger partial charge >= 0.3 is 5.97 Å². The van der Waals surface area contributed by atoms with Gasteiger partial charge in [0.25, 0.3) is 0 Å². The van der Waals surface area contributed by atoms with Crippen LogP contribution in [0.3, 0.4) is 0 Å². The maximum atomic E-state index is 13.6. The van der Waals surface area contributed by atoms with E-state index >= 15 is 0 Å². The van der Waals surface area contributed by atoms with Gasteiger partial charge in [-0.15, -0.1) is 0 Å². The number of halogens is 1. The monoisotopic (exact) mass is 226 g/mol. The Balaban J connectivity index is 3.30. The van der Waals surface area contributed by atoms with Gasteiger partial charge in [-0.1, -0.05) is 13.8 Å². The Hall–Kier alpha value is -1.58. The van der Waals surface area contributed by atoms with Crippen molar-refractivity contribution in [2.75, 3.05) is 0 Å². The number of hydrogen-bond donors (Lipinski definition) is 2. The summed E-state index contributed by atoms with van der Waals surface area (Å²) in [7, 11) is 0. The predicted molar refractivity (Wildman–Crippen MR) is 58.0 cm³/mol. The van der Waals surface area contributed by atoms with Crippen LogP contribution in [0.25, 0.3) is 0 Å². The van der Waals surface area contributed by atoms with Crippen molar-refractivity contribution >= 4 is 5.97 Å². The summed E-state index contributed by atoms with van der Waals surface area (Å²) in [5, 5.41) is 18.5. The number of carboxylic acid groups (broad SMARTS) is 1. The SMILES string of the molecule is Cc1cc(F)c(C(C(=O)O)C(C)C)cc1O.